The maximum Gasteiger partial charge on any atom is 0.0558 e. The average molecular weight is 165 g/mol. The molecule has 0 fully saturated rings. The first kappa shape index (κ1) is 10.5. The Balaban J connectivity index is 0.000000561. The molecule has 4 N–H and O–H groups in total. The largest absolute Gasteiger partial charge is 0.398 e. The highest BCUT2D eigenvalue weighted by Gasteiger charge is 1.90. The van der Waals surface area contributed by atoms with Gasteiger partial charge in [0.25, 0.3) is 0 Å². The number of hydrogen-bond donors (Lipinski definition) is 2. The van der Waals surface area contributed by atoms with Gasteiger partial charge in [-0.3, -0.25) is 0 Å². The molecule has 0 saturated carbocycles. The van der Waals surface area contributed by atoms with Crippen molar-refractivity contribution >= 4 is 11.9 Å². The fourth-order valence-corrected chi connectivity index (χ4v) is 0.709. The van der Waals surface area contributed by atoms with Crippen molar-refractivity contribution in [2.24, 2.45) is 10.9 Å². The molecule has 3 heteroatoms. The molecule has 0 atom stereocenters. The summed E-state index contributed by atoms with van der Waals surface area (Å²) in [5, 5.41) is 3.36. The number of anilines is 1. The lowest BCUT2D eigenvalue weighted by Crippen LogP contribution is -1.93. The monoisotopic (exact) mass is 165 g/mol. The van der Waals surface area contributed by atoms with Gasteiger partial charge in [0.2, 0.25) is 0 Å². The zero-order chi connectivity index (χ0) is 9.40. The zero-order valence-corrected chi connectivity index (χ0v) is 7.49. The molecule has 0 heterocycles. The minimum absolute atomic E-state index is 0.691. The van der Waals surface area contributed by atoms with Crippen LogP contribution in [0.15, 0.2) is 29.4 Å². The molecule has 0 amide bonds. The van der Waals surface area contributed by atoms with Gasteiger partial charge in [0.1, 0.15) is 0 Å². The van der Waals surface area contributed by atoms with E-state index in [0.717, 1.165) is 5.56 Å². The van der Waals surface area contributed by atoms with E-state index in [4.69, 9.17) is 11.6 Å². The summed E-state index contributed by atoms with van der Waals surface area (Å²) < 4.78 is 0. The van der Waals surface area contributed by atoms with Crippen molar-refractivity contribution in [3.05, 3.63) is 29.8 Å². The number of para-hydroxylation sites is 1. The molecule has 0 bridgehead atoms. The van der Waals surface area contributed by atoms with Crippen molar-refractivity contribution in [2.45, 2.75) is 13.8 Å². The van der Waals surface area contributed by atoms with Gasteiger partial charge >= 0.3 is 0 Å². The van der Waals surface area contributed by atoms with Crippen LogP contribution >= 0.6 is 0 Å². The Labute approximate surface area is 73.1 Å². The third-order valence-electron chi connectivity index (χ3n) is 1.21. The molecule has 0 aliphatic carbocycles. The highest BCUT2D eigenvalue weighted by molar-refractivity contribution is 5.86. The van der Waals surface area contributed by atoms with Crippen molar-refractivity contribution in [2.75, 3.05) is 5.73 Å². The number of nitrogen functional groups attached to an aromatic ring is 1. The van der Waals surface area contributed by atoms with Gasteiger partial charge in [-0.2, -0.15) is 5.10 Å². The van der Waals surface area contributed by atoms with Crippen LogP contribution in [0.1, 0.15) is 19.4 Å². The van der Waals surface area contributed by atoms with Gasteiger partial charge in [0.05, 0.1) is 6.21 Å². The number of hydrogen-bond acceptors (Lipinski definition) is 3. The minimum atomic E-state index is 0.691. The van der Waals surface area contributed by atoms with E-state index in [1.165, 1.54) is 6.21 Å². The third-order valence-corrected chi connectivity index (χ3v) is 1.21. The molecule has 0 aliphatic heterocycles. The summed E-state index contributed by atoms with van der Waals surface area (Å²) in [6.45, 7) is 4.00. The molecule has 0 unspecified atom stereocenters. The molecule has 3 nitrogen and oxygen atoms in total. The van der Waals surface area contributed by atoms with Crippen molar-refractivity contribution < 1.29 is 0 Å². The van der Waals surface area contributed by atoms with Crippen molar-refractivity contribution in [1.82, 2.24) is 0 Å². The normalized spacial score (nSPS) is 9.17. The Morgan fingerprint density at radius 1 is 1.25 bits per heavy atom. The molecule has 1 aromatic carbocycles. The Morgan fingerprint density at radius 3 is 2.33 bits per heavy atom. The minimum Gasteiger partial charge on any atom is -0.398 e. The Morgan fingerprint density at radius 2 is 1.83 bits per heavy atom. The number of hydrazone groups is 1. The van der Waals surface area contributed by atoms with Gasteiger partial charge in [0, 0.05) is 11.3 Å². The van der Waals surface area contributed by atoms with Crippen LogP contribution in [0.2, 0.25) is 0 Å². The van der Waals surface area contributed by atoms with Gasteiger partial charge in [-0.25, -0.2) is 0 Å². The number of benzene rings is 1. The van der Waals surface area contributed by atoms with Crippen LogP contribution in [-0.2, 0) is 0 Å². The number of rotatable bonds is 1. The van der Waals surface area contributed by atoms with E-state index in [0.29, 0.717) is 5.69 Å². The first-order valence-electron chi connectivity index (χ1n) is 3.92. The SMILES string of the molecule is CC.N/N=C\c1ccccc1N. The molecule has 0 spiro atoms. The second-order valence-electron chi connectivity index (χ2n) is 1.91. The summed E-state index contributed by atoms with van der Waals surface area (Å²) in [6, 6.07) is 7.40. The molecule has 1 aromatic rings. The summed E-state index contributed by atoms with van der Waals surface area (Å²) in [5.41, 5.74) is 7.10. The van der Waals surface area contributed by atoms with E-state index in [1.807, 2.05) is 32.0 Å². The fraction of sp³-hybridized carbons (Fsp3) is 0.222. The first-order valence-corrected chi connectivity index (χ1v) is 3.92. The predicted octanol–water partition coefficient (Wildman–Crippen LogP) is 1.59. The van der Waals surface area contributed by atoms with Crippen LogP contribution < -0.4 is 11.6 Å². The van der Waals surface area contributed by atoms with Gasteiger partial charge < -0.3 is 11.6 Å². The molecule has 0 saturated heterocycles. The maximum atomic E-state index is 5.56. The van der Waals surface area contributed by atoms with Crippen molar-refractivity contribution in [1.29, 1.82) is 0 Å². The molecule has 0 aromatic heterocycles. The highest BCUT2D eigenvalue weighted by atomic mass is 15.1. The second kappa shape index (κ2) is 6.22. The van der Waals surface area contributed by atoms with Crippen LogP contribution in [0.5, 0.6) is 0 Å². The summed E-state index contributed by atoms with van der Waals surface area (Å²) in [6.07, 6.45) is 1.52. The smallest absolute Gasteiger partial charge is 0.0558 e. The van der Waals surface area contributed by atoms with E-state index >= 15 is 0 Å². The maximum absolute atomic E-state index is 5.56. The Hall–Kier alpha value is -1.51. The van der Waals surface area contributed by atoms with Crippen LogP contribution in [0.3, 0.4) is 0 Å². The number of nitrogens with two attached hydrogens (primary N) is 2. The molecule has 0 aliphatic rings. The second-order valence-corrected chi connectivity index (χ2v) is 1.91. The summed E-state index contributed by atoms with van der Waals surface area (Å²) >= 11 is 0. The zero-order valence-electron chi connectivity index (χ0n) is 7.49. The van der Waals surface area contributed by atoms with Gasteiger partial charge in [-0.05, 0) is 6.07 Å². The molecule has 12 heavy (non-hydrogen) atoms. The third kappa shape index (κ3) is 3.05. The fourth-order valence-electron chi connectivity index (χ4n) is 0.709. The lowest BCUT2D eigenvalue weighted by Gasteiger charge is -1.95. The average Bonchev–Trinajstić information content (AvgIpc) is 2.13. The van der Waals surface area contributed by atoms with E-state index in [2.05, 4.69) is 5.10 Å². The summed E-state index contributed by atoms with van der Waals surface area (Å²) in [4.78, 5) is 0. The number of nitrogens with zero attached hydrogens (tertiary/aromatic N) is 1. The summed E-state index contributed by atoms with van der Waals surface area (Å²) in [5.74, 6) is 4.94. The van der Waals surface area contributed by atoms with Crippen molar-refractivity contribution in [3.8, 4) is 0 Å². The van der Waals surface area contributed by atoms with Crippen LogP contribution in [0.25, 0.3) is 0 Å². The molecule has 1 rings (SSSR count). The lowest BCUT2D eigenvalue weighted by atomic mass is 10.2. The highest BCUT2D eigenvalue weighted by Crippen LogP contribution is 2.06. The summed E-state index contributed by atoms with van der Waals surface area (Å²) in [7, 11) is 0. The van der Waals surface area contributed by atoms with E-state index < -0.39 is 0 Å². The topological polar surface area (TPSA) is 64.4 Å². The molecule has 66 valence electrons. The molecule has 0 radical (unpaired) electrons. The van der Waals surface area contributed by atoms with Crippen LogP contribution in [0.4, 0.5) is 5.69 Å². The van der Waals surface area contributed by atoms with Gasteiger partial charge in [-0.15, -0.1) is 0 Å². The van der Waals surface area contributed by atoms with Gasteiger partial charge in [0.15, 0.2) is 0 Å². The van der Waals surface area contributed by atoms with E-state index in [-0.39, 0.29) is 0 Å². The van der Waals surface area contributed by atoms with E-state index in [1.54, 1.807) is 6.07 Å². The molecular formula is C9H15N3. The standard InChI is InChI=1S/C7H9N3.C2H6/c8-7-4-2-1-3-6(7)5-10-9;1-2/h1-5H,8-9H2;1-2H3/b10-5-;. The lowest BCUT2D eigenvalue weighted by molar-refractivity contribution is 1.26. The Bertz CT molecular complexity index is 243. The van der Waals surface area contributed by atoms with Crippen molar-refractivity contribution in [3.63, 3.8) is 0 Å². The predicted molar refractivity (Wildman–Crippen MR) is 54.0 cm³/mol. The first-order chi connectivity index (χ1) is 5.84. The quantitative estimate of drug-likeness (QED) is 0.287. The van der Waals surface area contributed by atoms with Crippen LogP contribution in [0, 0.1) is 0 Å². The van der Waals surface area contributed by atoms with Gasteiger partial charge in [-0.1, -0.05) is 32.0 Å². The van der Waals surface area contributed by atoms with Crippen LogP contribution in [-0.4, -0.2) is 6.21 Å². The van der Waals surface area contributed by atoms with E-state index in [9.17, 15) is 0 Å². The molecular weight excluding hydrogens is 150 g/mol. The Kier molecular flexibility index (Phi) is 5.43.